The van der Waals surface area contributed by atoms with Crippen LogP contribution in [0.15, 0.2) is 18.5 Å². The molecular formula is C12H18FN. The van der Waals surface area contributed by atoms with E-state index in [1.807, 2.05) is 38.5 Å². The normalized spacial score (nSPS) is 10.8. The van der Waals surface area contributed by atoms with E-state index in [9.17, 15) is 4.39 Å². The summed E-state index contributed by atoms with van der Waals surface area (Å²) in [6, 6.07) is 1.88. The van der Waals surface area contributed by atoms with Gasteiger partial charge in [-0.3, -0.25) is 0 Å². The van der Waals surface area contributed by atoms with Crippen LogP contribution >= 0.6 is 0 Å². The summed E-state index contributed by atoms with van der Waals surface area (Å²) >= 11 is 0. The third-order valence-electron chi connectivity index (χ3n) is 1.94. The number of aryl methyl sites for hydroxylation is 1. The van der Waals surface area contributed by atoms with Crippen LogP contribution in [-0.4, -0.2) is 4.57 Å². The molecule has 0 amide bonds. The summed E-state index contributed by atoms with van der Waals surface area (Å²) in [6.45, 7) is 12.9. The summed E-state index contributed by atoms with van der Waals surface area (Å²) in [5.41, 5.74) is 1.06. The molecule has 14 heavy (non-hydrogen) atoms. The van der Waals surface area contributed by atoms with Gasteiger partial charge in [0.2, 0.25) is 0 Å². The topological polar surface area (TPSA) is 4.93 Å². The van der Waals surface area contributed by atoms with Crippen molar-refractivity contribution in [2.45, 2.75) is 20.8 Å². The van der Waals surface area contributed by atoms with E-state index in [4.69, 9.17) is 0 Å². The van der Waals surface area contributed by atoms with Crippen molar-refractivity contribution in [3.05, 3.63) is 34.7 Å². The van der Waals surface area contributed by atoms with Gasteiger partial charge in [-0.15, -0.1) is 0 Å². The Morgan fingerprint density at radius 2 is 2.00 bits per heavy atom. The van der Waals surface area contributed by atoms with Gasteiger partial charge in [0.05, 0.1) is 0 Å². The Hall–Kier alpha value is -1.31. The van der Waals surface area contributed by atoms with Crippen LogP contribution in [0.2, 0.25) is 0 Å². The minimum absolute atomic E-state index is 0.439. The first kappa shape index (κ1) is 12.7. The summed E-state index contributed by atoms with van der Waals surface area (Å²) in [5.74, 6) is -0.439. The summed E-state index contributed by atoms with van der Waals surface area (Å²) in [7, 11) is 1.90. The molecule has 2 heteroatoms. The van der Waals surface area contributed by atoms with Gasteiger partial charge in [0.1, 0.15) is 5.83 Å². The van der Waals surface area contributed by atoms with Gasteiger partial charge < -0.3 is 4.57 Å². The highest BCUT2D eigenvalue weighted by atomic mass is 19.1. The Morgan fingerprint density at radius 3 is 2.29 bits per heavy atom. The van der Waals surface area contributed by atoms with Crippen LogP contribution in [0.25, 0.3) is 12.7 Å². The van der Waals surface area contributed by atoms with Gasteiger partial charge in [-0.1, -0.05) is 27.0 Å². The summed E-state index contributed by atoms with van der Waals surface area (Å²) in [5, 5.41) is 1.61. The highest BCUT2D eigenvalue weighted by Gasteiger charge is 1.94. The average molecular weight is 195 g/mol. The molecule has 0 spiro atoms. The number of hydrogen-bond acceptors (Lipinski definition) is 0. The van der Waals surface area contributed by atoms with Crippen LogP contribution in [0.3, 0.4) is 0 Å². The summed E-state index contributed by atoms with van der Waals surface area (Å²) in [4.78, 5) is 0. The molecule has 0 aliphatic heterocycles. The quantitative estimate of drug-likeness (QED) is 0.646. The number of allylic oxidation sites excluding steroid dienone is 1. The average Bonchev–Trinajstić information content (AvgIpc) is 2.36. The second kappa shape index (κ2) is 5.43. The Bertz CT molecular complexity index is 412. The standard InChI is InChI=1S/C10H12FN.C2H6/c1-7(11)5-10-6-8(2)12(4)9(10)3;1-2/h5-6H,1,3H2,2,4H3;1-2H3/b10-5-;. The van der Waals surface area contributed by atoms with E-state index in [1.54, 1.807) is 0 Å². The third kappa shape index (κ3) is 2.87. The molecule has 1 aromatic rings. The van der Waals surface area contributed by atoms with Crippen LogP contribution in [0.4, 0.5) is 4.39 Å². The molecule has 0 saturated carbocycles. The maximum absolute atomic E-state index is 12.4. The molecule has 1 aromatic heterocycles. The first-order chi connectivity index (χ1) is 6.52. The molecule has 0 aliphatic carbocycles. The smallest absolute Gasteiger partial charge is 0.116 e. The zero-order valence-corrected chi connectivity index (χ0v) is 9.39. The van der Waals surface area contributed by atoms with Gasteiger partial charge in [0, 0.05) is 23.3 Å². The van der Waals surface area contributed by atoms with Gasteiger partial charge >= 0.3 is 0 Å². The van der Waals surface area contributed by atoms with Crippen molar-refractivity contribution in [3.8, 4) is 0 Å². The molecular weight excluding hydrogens is 177 g/mol. The van der Waals surface area contributed by atoms with Crippen LogP contribution in [0.5, 0.6) is 0 Å². The maximum Gasteiger partial charge on any atom is 0.116 e. The molecule has 1 rings (SSSR count). The molecule has 0 bridgehead atoms. The highest BCUT2D eigenvalue weighted by molar-refractivity contribution is 5.41. The molecule has 0 N–H and O–H groups in total. The lowest BCUT2D eigenvalue weighted by Gasteiger charge is -1.92. The molecule has 0 aliphatic rings. The second-order valence-corrected chi connectivity index (χ2v) is 2.84. The molecule has 0 radical (unpaired) electrons. The van der Waals surface area contributed by atoms with E-state index in [2.05, 4.69) is 13.2 Å². The first-order valence-corrected chi connectivity index (χ1v) is 4.70. The molecule has 0 unspecified atom stereocenters. The zero-order valence-electron chi connectivity index (χ0n) is 9.39. The van der Waals surface area contributed by atoms with E-state index in [0.717, 1.165) is 16.3 Å². The first-order valence-electron chi connectivity index (χ1n) is 4.70. The maximum atomic E-state index is 12.4. The van der Waals surface area contributed by atoms with E-state index in [0.29, 0.717) is 0 Å². The molecule has 1 heterocycles. The van der Waals surface area contributed by atoms with Crippen LogP contribution in [0, 0.1) is 6.92 Å². The van der Waals surface area contributed by atoms with E-state index in [-0.39, 0.29) is 0 Å². The molecule has 0 fully saturated rings. The Kier molecular flexibility index (Phi) is 4.92. The number of hydrogen-bond donors (Lipinski definition) is 0. The number of halogens is 1. The van der Waals surface area contributed by atoms with Gasteiger partial charge in [-0.05, 0) is 19.1 Å². The minimum Gasteiger partial charge on any atom is -0.348 e. The third-order valence-corrected chi connectivity index (χ3v) is 1.94. The summed E-state index contributed by atoms with van der Waals surface area (Å²) in [6.07, 6.45) is 1.38. The zero-order chi connectivity index (χ0) is 11.3. The van der Waals surface area contributed by atoms with Crippen LogP contribution in [0.1, 0.15) is 19.5 Å². The molecule has 78 valence electrons. The second-order valence-electron chi connectivity index (χ2n) is 2.84. The Labute approximate surface area is 84.9 Å². The van der Waals surface area contributed by atoms with E-state index in [1.165, 1.54) is 6.08 Å². The van der Waals surface area contributed by atoms with Crippen LogP contribution in [-0.2, 0) is 7.05 Å². The van der Waals surface area contributed by atoms with Gasteiger partial charge in [0.25, 0.3) is 0 Å². The van der Waals surface area contributed by atoms with Crippen molar-refractivity contribution in [1.82, 2.24) is 4.57 Å². The lowest BCUT2D eigenvalue weighted by molar-refractivity contribution is 0.684. The van der Waals surface area contributed by atoms with Crippen molar-refractivity contribution in [2.24, 2.45) is 7.05 Å². The largest absolute Gasteiger partial charge is 0.348 e. The van der Waals surface area contributed by atoms with Crippen molar-refractivity contribution >= 4 is 12.7 Å². The number of rotatable bonds is 1. The molecule has 0 aromatic carbocycles. The molecule has 0 saturated heterocycles. The van der Waals surface area contributed by atoms with Gasteiger partial charge in [-0.25, -0.2) is 4.39 Å². The van der Waals surface area contributed by atoms with Crippen molar-refractivity contribution in [2.75, 3.05) is 0 Å². The Morgan fingerprint density at radius 1 is 1.50 bits per heavy atom. The van der Waals surface area contributed by atoms with E-state index < -0.39 is 5.83 Å². The highest BCUT2D eigenvalue weighted by Crippen LogP contribution is 1.91. The lowest BCUT2D eigenvalue weighted by atomic mass is 10.3. The predicted octanol–water partition coefficient (Wildman–Crippen LogP) is 2.03. The predicted molar refractivity (Wildman–Crippen MR) is 61.0 cm³/mol. The van der Waals surface area contributed by atoms with Crippen molar-refractivity contribution < 1.29 is 4.39 Å². The van der Waals surface area contributed by atoms with Crippen molar-refractivity contribution in [1.29, 1.82) is 0 Å². The SMILES string of the molecule is C=C(F)/C=c1/cc(C)n(C)c1=C.CC. The minimum atomic E-state index is -0.439. The fourth-order valence-electron chi connectivity index (χ4n) is 1.11. The van der Waals surface area contributed by atoms with Gasteiger partial charge in [0.15, 0.2) is 0 Å². The van der Waals surface area contributed by atoms with E-state index >= 15 is 0 Å². The fraction of sp³-hybridized carbons (Fsp3) is 0.333. The molecule has 0 atom stereocenters. The molecule has 1 nitrogen and oxygen atoms in total. The van der Waals surface area contributed by atoms with Gasteiger partial charge in [-0.2, -0.15) is 0 Å². The lowest BCUT2D eigenvalue weighted by Crippen LogP contribution is -2.25. The summed E-state index contributed by atoms with van der Waals surface area (Å²) < 4.78 is 14.3. The number of aromatic nitrogens is 1. The van der Waals surface area contributed by atoms with Crippen molar-refractivity contribution in [3.63, 3.8) is 0 Å². The Balaban J connectivity index is 0.000000791. The number of nitrogens with zero attached hydrogens (tertiary/aromatic N) is 1. The fourth-order valence-corrected chi connectivity index (χ4v) is 1.11. The monoisotopic (exact) mass is 195 g/mol. The van der Waals surface area contributed by atoms with Crippen LogP contribution < -0.4 is 10.6 Å².